The molecular weight excluding hydrogens is 230 g/mol. The van der Waals surface area contributed by atoms with E-state index in [-0.39, 0.29) is 5.91 Å². The molecule has 0 aliphatic heterocycles. The number of nitrogens with one attached hydrogen (secondary N) is 2. The molecule has 1 aliphatic carbocycles. The molecule has 1 aliphatic rings. The van der Waals surface area contributed by atoms with Crippen LogP contribution in [0.15, 0.2) is 27.9 Å². The number of nitrogens with zero attached hydrogens (tertiary/aromatic N) is 1. The van der Waals surface area contributed by atoms with Crippen LogP contribution >= 0.6 is 0 Å². The summed E-state index contributed by atoms with van der Waals surface area (Å²) >= 11 is 0. The predicted octanol–water partition coefficient (Wildman–Crippen LogP) is 1.65. The first-order valence-corrected chi connectivity index (χ1v) is 6.43. The van der Waals surface area contributed by atoms with Crippen LogP contribution in [0.2, 0.25) is 0 Å². The number of hydrogen-bond donors (Lipinski definition) is 2. The Morgan fingerprint density at radius 2 is 2.28 bits per heavy atom. The van der Waals surface area contributed by atoms with Gasteiger partial charge in [0, 0.05) is 6.04 Å². The molecule has 98 valence electrons. The van der Waals surface area contributed by atoms with Gasteiger partial charge in [-0.2, -0.15) is 5.10 Å². The predicted molar refractivity (Wildman–Crippen MR) is 69.3 cm³/mol. The second-order valence-electron chi connectivity index (χ2n) is 4.52. The summed E-state index contributed by atoms with van der Waals surface area (Å²) in [6.45, 7) is 0.320. The van der Waals surface area contributed by atoms with E-state index in [1.54, 1.807) is 18.4 Å². The minimum absolute atomic E-state index is 0.122. The van der Waals surface area contributed by atoms with Gasteiger partial charge in [-0.15, -0.1) is 0 Å². The summed E-state index contributed by atoms with van der Waals surface area (Å²) in [5, 5.41) is 7.07. The van der Waals surface area contributed by atoms with Crippen molar-refractivity contribution in [3.8, 4) is 0 Å². The lowest BCUT2D eigenvalue weighted by Crippen LogP contribution is -2.38. The smallest absolute Gasteiger partial charge is 0.254 e. The van der Waals surface area contributed by atoms with Crippen molar-refractivity contribution in [2.24, 2.45) is 5.10 Å². The Morgan fingerprint density at radius 3 is 3.00 bits per heavy atom. The largest absolute Gasteiger partial charge is 0.463 e. The van der Waals surface area contributed by atoms with E-state index in [9.17, 15) is 4.79 Å². The molecule has 0 bridgehead atoms. The van der Waals surface area contributed by atoms with E-state index in [2.05, 4.69) is 15.8 Å². The Balaban J connectivity index is 1.62. The molecule has 0 saturated heterocycles. The van der Waals surface area contributed by atoms with Gasteiger partial charge in [0.2, 0.25) is 0 Å². The molecule has 1 fully saturated rings. The highest BCUT2D eigenvalue weighted by Gasteiger charge is 2.13. The standard InChI is InChI=1S/C13H19N3O2/c17-13(10-14-11-5-2-1-3-6-11)16-15-9-12-7-4-8-18-12/h4,7-9,11,14H,1-3,5-6,10H2,(H,16,17)/b15-9-. The Morgan fingerprint density at radius 1 is 1.44 bits per heavy atom. The van der Waals surface area contributed by atoms with E-state index in [4.69, 9.17) is 4.42 Å². The number of carbonyl (C=O) groups is 1. The molecule has 1 amide bonds. The van der Waals surface area contributed by atoms with Gasteiger partial charge >= 0.3 is 0 Å². The van der Waals surface area contributed by atoms with Crippen LogP contribution in [-0.2, 0) is 4.79 Å². The van der Waals surface area contributed by atoms with Crippen LogP contribution in [0.5, 0.6) is 0 Å². The molecule has 2 N–H and O–H groups in total. The highest BCUT2D eigenvalue weighted by Crippen LogP contribution is 2.16. The van der Waals surface area contributed by atoms with E-state index < -0.39 is 0 Å². The second kappa shape index (κ2) is 6.96. The SMILES string of the molecule is O=C(CNC1CCCCC1)N/N=C\c1ccco1. The summed E-state index contributed by atoms with van der Waals surface area (Å²) in [6, 6.07) is 4.03. The number of hydrazone groups is 1. The fraction of sp³-hybridized carbons (Fsp3) is 0.538. The maximum absolute atomic E-state index is 11.5. The first kappa shape index (κ1) is 12.8. The molecule has 1 heterocycles. The third-order valence-electron chi connectivity index (χ3n) is 3.08. The van der Waals surface area contributed by atoms with Crippen molar-refractivity contribution >= 4 is 12.1 Å². The monoisotopic (exact) mass is 249 g/mol. The van der Waals surface area contributed by atoms with Crippen LogP contribution < -0.4 is 10.7 Å². The van der Waals surface area contributed by atoms with Crippen molar-refractivity contribution in [2.75, 3.05) is 6.54 Å². The van der Waals surface area contributed by atoms with Crippen molar-refractivity contribution in [1.29, 1.82) is 0 Å². The number of carbonyl (C=O) groups excluding carboxylic acids is 1. The first-order chi connectivity index (χ1) is 8.84. The quantitative estimate of drug-likeness (QED) is 0.616. The maximum atomic E-state index is 11.5. The van der Waals surface area contributed by atoms with E-state index in [0.29, 0.717) is 18.3 Å². The van der Waals surface area contributed by atoms with Gasteiger partial charge in [0.05, 0.1) is 19.0 Å². The van der Waals surface area contributed by atoms with Crippen LogP contribution in [-0.4, -0.2) is 24.7 Å². The Hall–Kier alpha value is -1.62. The fourth-order valence-corrected chi connectivity index (χ4v) is 2.12. The molecule has 1 saturated carbocycles. The number of amides is 1. The zero-order valence-electron chi connectivity index (χ0n) is 10.4. The van der Waals surface area contributed by atoms with Gasteiger partial charge in [-0.3, -0.25) is 4.79 Å². The van der Waals surface area contributed by atoms with Gasteiger partial charge in [0.1, 0.15) is 5.76 Å². The Labute approximate surface area is 107 Å². The highest BCUT2D eigenvalue weighted by atomic mass is 16.3. The molecule has 0 spiro atoms. The van der Waals surface area contributed by atoms with Crippen molar-refractivity contribution in [2.45, 2.75) is 38.1 Å². The van der Waals surface area contributed by atoms with Gasteiger partial charge in [-0.25, -0.2) is 5.43 Å². The lowest BCUT2D eigenvalue weighted by atomic mass is 9.95. The van der Waals surface area contributed by atoms with Crippen LogP contribution in [0.1, 0.15) is 37.9 Å². The third-order valence-corrected chi connectivity index (χ3v) is 3.08. The summed E-state index contributed by atoms with van der Waals surface area (Å²) in [6.07, 6.45) is 9.22. The van der Waals surface area contributed by atoms with Crippen LogP contribution in [0.25, 0.3) is 0 Å². The summed E-state index contributed by atoms with van der Waals surface area (Å²) in [7, 11) is 0. The molecule has 2 rings (SSSR count). The summed E-state index contributed by atoms with van der Waals surface area (Å²) in [4.78, 5) is 11.5. The molecule has 0 atom stereocenters. The first-order valence-electron chi connectivity index (χ1n) is 6.43. The van der Waals surface area contributed by atoms with Crippen molar-refractivity contribution < 1.29 is 9.21 Å². The Bertz CT molecular complexity index is 381. The summed E-state index contributed by atoms with van der Waals surface area (Å²) in [5.41, 5.74) is 2.47. The van der Waals surface area contributed by atoms with Gasteiger partial charge in [-0.05, 0) is 25.0 Å². The van der Waals surface area contributed by atoms with E-state index in [1.165, 1.54) is 38.3 Å². The molecule has 0 radical (unpaired) electrons. The number of rotatable bonds is 5. The molecular formula is C13H19N3O2. The van der Waals surface area contributed by atoms with Crippen LogP contribution in [0.4, 0.5) is 0 Å². The van der Waals surface area contributed by atoms with Crippen molar-refractivity contribution in [3.05, 3.63) is 24.2 Å². The second-order valence-corrected chi connectivity index (χ2v) is 4.52. The maximum Gasteiger partial charge on any atom is 0.254 e. The minimum Gasteiger partial charge on any atom is -0.463 e. The molecule has 1 aromatic heterocycles. The van der Waals surface area contributed by atoms with Crippen molar-refractivity contribution in [3.63, 3.8) is 0 Å². The molecule has 0 unspecified atom stereocenters. The van der Waals surface area contributed by atoms with Gasteiger partial charge < -0.3 is 9.73 Å². The average molecular weight is 249 g/mol. The minimum atomic E-state index is -0.122. The topological polar surface area (TPSA) is 66.6 Å². The normalized spacial score (nSPS) is 17.1. The fourth-order valence-electron chi connectivity index (χ4n) is 2.12. The van der Waals surface area contributed by atoms with E-state index in [0.717, 1.165) is 0 Å². The van der Waals surface area contributed by atoms with E-state index in [1.807, 2.05) is 0 Å². The van der Waals surface area contributed by atoms with Crippen molar-refractivity contribution in [1.82, 2.24) is 10.7 Å². The zero-order chi connectivity index (χ0) is 12.6. The molecule has 18 heavy (non-hydrogen) atoms. The number of hydrogen-bond acceptors (Lipinski definition) is 4. The van der Waals surface area contributed by atoms with E-state index >= 15 is 0 Å². The Kier molecular flexibility index (Phi) is 4.96. The van der Waals surface area contributed by atoms with Gasteiger partial charge in [-0.1, -0.05) is 19.3 Å². The third kappa shape index (κ3) is 4.33. The average Bonchev–Trinajstić information content (AvgIpc) is 2.91. The highest BCUT2D eigenvalue weighted by molar-refractivity contribution is 5.81. The summed E-state index contributed by atoms with van der Waals surface area (Å²) in [5.74, 6) is 0.499. The summed E-state index contributed by atoms with van der Waals surface area (Å²) < 4.78 is 5.05. The molecule has 5 nitrogen and oxygen atoms in total. The van der Waals surface area contributed by atoms with Crippen LogP contribution in [0.3, 0.4) is 0 Å². The molecule has 0 aromatic carbocycles. The molecule has 5 heteroatoms. The van der Waals surface area contributed by atoms with Gasteiger partial charge in [0.15, 0.2) is 0 Å². The molecule has 1 aromatic rings. The number of furan rings is 1. The lowest BCUT2D eigenvalue weighted by Gasteiger charge is -2.22. The lowest BCUT2D eigenvalue weighted by molar-refractivity contribution is -0.120. The van der Waals surface area contributed by atoms with Gasteiger partial charge in [0.25, 0.3) is 5.91 Å². The van der Waals surface area contributed by atoms with Crippen LogP contribution in [0, 0.1) is 0 Å². The zero-order valence-corrected chi connectivity index (χ0v) is 10.4.